The van der Waals surface area contributed by atoms with E-state index in [4.69, 9.17) is 0 Å². The second-order valence-corrected chi connectivity index (χ2v) is 5.51. The topological polar surface area (TPSA) is 59.0 Å². The Morgan fingerprint density at radius 2 is 2.42 bits per heavy atom. The van der Waals surface area contributed by atoms with Crippen molar-refractivity contribution in [3.05, 3.63) is 17.5 Å². The van der Waals surface area contributed by atoms with Crippen molar-refractivity contribution in [1.29, 1.82) is 0 Å². The molecule has 5 heteroatoms. The molecule has 0 aromatic carbocycles. The summed E-state index contributed by atoms with van der Waals surface area (Å²) >= 11 is 0. The lowest BCUT2D eigenvalue weighted by molar-refractivity contribution is -0.132. The van der Waals surface area contributed by atoms with Crippen molar-refractivity contribution < 1.29 is 4.79 Å². The van der Waals surface area contributed by atoms with Crippen molar-refractivity contribution in [3.8, 4) is 0 Å². The van der Waals surface area contributed by atoms with Gasteiger partial charge in [0.2, 0.25) is 5.91 Å². The smallest absolute Gasteiger partial charge is 0.227 e. The van der Waals surface area contributed by atoms with Crippen LogP contribution in [-0.4, -0.2) is 28.8 Å². The molecule has 5 nitrogen and oxygen atoms in total. The highest BCUT2D eigenvalue weighted by molar-refractivity contribution is 5.83. The first-order chi connectivity index (χ1) is 9.07. The fourth-order valence-corrected chi connectivity index (χ4v) is 2.81. The van der Waals surface area contributed by atoms with E-state index < -0.39 is 0 Å². The van der Waals surface area contributed by atoms with Crippen molar-refractivity contribution >= 4 is 5.91 Å². The second-order valence-electron chi connectivity index (χ2n) is 5.51. The standard InChI is InChI=1S/C14H24N4O/c1-4-14(6-5-7-15-10-14)13(19)16-8-12-9-18(3)17-11(12)2/h9,15H,4-8,10H2,1-3H3,(H,16,19). The van der Waals surface area contributed by atoms with Crippen molar-refractivity contribution in [2.24, 2.45) is 12.5 Å². The monoisotopic (exact) mass is 264 g/mol. The molecule has 19 heavy (non-hydrogen) atoms. The van der Waals surface area contributed by atoms with Gasteiger partial charge in [-0.3, -0.25) is 9.48 Å². The molecule has 1 aromatic rings. The minimum atomic E-state index is -0.228. The summed E-state index contributed by atoms with van der Waals surface area (Å²) < 4.78 is 1.79. The van der Waals surface area contributed by atoms with Crippen molar-refractivity contribution in [3.63, 3.8) is 0 Å². The molecular formula is C14H24N4O. The zero-order valence-electron chi connectivity index (χ0n) is 12.1. The summed E-state index contributed by atoms with van der Waals surface area (Å²) in [6, 6.07) is 0. The van der Waals surface area contributed by atoms with Crippen LogP contribution >= 0.6 is 0 Å². The minimum absolute atomic E-state index is 0.172. The molecule has 2 rings (SSSR count). The number of aryl methyl sites for hydroxylation is 2. The third-order valence-electron chi connectivity index (χ3n) is 4.19. The Labute approximate surface area is 114 Å². The molecule has 1 aliphatic rings. The van der Waals surface area contributed by atoms with Gasteiger partial charge in [-0.05, 0) is 32.7 Å². The van der Waals surface area contributed by atoms with E-state index in [-0.39, 0.29) is 11.3 Å². The Morgan fingerprint density at radius 1 is 1.63 bits per heavy atom. The predicted octanol–water partition coefficient (Wildman–Crippen LogP) is 1.12. The Hall–Kier alpha value is -1.36. The maximum absolute atomic E-state index is 12.5. The summed E-state index contributed by atoms with van der Waals surface area (Å²) in [4.78, 5) is 12.5. The molecule has 0 saturated carbocycles. The van der Waals surface area contributed by atoms with Gasteiger partial charge in [0.25, 0.3) is 0 Å². The zero-order valence-corrected chi connectivity index (χ0v) is 12.1. The van der Waals surface area contributed by atoms with Gasteiger partial charge in [0, 0.05) is 31.9 Å². The molecule has 106 valence electrons. The van der Waals surface area contributed by atoms with Gasteiger partial charge in [-0.2, -0.15) is 5.10 Å². The molecule has 1 saturated heterocycles. The summed E-state index contributed by atoms with van der Waals surface area (Å²) in [7, 11) is 1.90. The molecule has 0 bridgehead atoms. The summed E-state index contributed by atoms with van der Waals surface area (Å²) in [5.41, 5.74) is 1.84. The first-order valence-electron chi connectivity index (χ1n) is 7.05. The highest BCUT2D eigenvalue weighted by atomic mass is 16.2. The molecule has 0 spiro atoms. The summed E-state index contributed by atoms with van der Waals surface area (Å²) in [5.74, 6) is 0.172. The van der Waals surface area contributed by atoms with Gasteiger partial charge in [0.1, 0.15) is 0 Å². The molecule has 2 N–H and O–H groups in total. The number of hydrogen-bond acceptors (Lipinski definition) is 3. The van der Waals surface area contributed by atoms with E-state index in [0.717, 1.165) is 43.6 Å². The van der Waals surface area contributed by atoms with Crippen molar-refractivity contribution in [1.82, 2.24) is 20.4 Å². The number of aromatic nitrogens is 2. The Kier molecular flexibility index (Phi) is 4.24. The van der Waals surface area contributed by atoms with Crippen LogP contribution in [0.4, 0.5) is 0 Å². The average molecular weight is 264 g/mol. The van der Waals surface area contributed by atoms with E-state index in [1.54, 1.807) is 4.68 Å². The van der Waals surface area contributed by atoms with E-state index in [1.165, 1.54) is 0 Å². The lowest BCUT2D eigenvalue weighted by atomic mass is 9.77. The largest absolute Gasteiger partial charge is 0.351 e. The summed E-state index contributed by atoms with van der Waals surface area (Å²) in [5, 5.41) is 10.7. The molecule has 1 aliphatic heterocycles. The van der Waals surface area contributed by atoms with Crippen LogP contribution in [0, 0.1) is 12.3 Å². The van der Waals surface area contributed by atoms with Crippen LogP contribution in [0.25, 0.3) is 0 Å². The van der Waals surface area contributed by atoms with Gasteiger partial charge in [0.05, 0.1) is 11.1 Å². The van der Waals surface area contributed by atoms with Crippen LogP contribution in [0.3, 0.4) is 0 Å². The van der Waals surface area contributed by atoms with Crippen molar-refractivity contribution in [2.75, 3.05) is 13.1 Å². The second kappa shape index (κ2) is 5.74. The Morgan fingerprint density at radius 3 is 2.95 bits per heavy atom. The van der Waals surface area contributed by atoms with Crippen LogP contribution in [0.2, 0.25) is 0 Å². The number of nitrogens with zero attached hydrogens (tertiary/aromatic N) is 2. The Bertz CT molecular complexity index is 446. The van der Waals surface area contributed by atoms with Crippen LogP contribution in [0.15, 0.2) is 6.20 Å². The number of hydrogen-bond donors (Lipinski definition) is 2. The van der Waals surface area contributed by atoms with Crippen molar-refractivity contribution in [2.45, 2.75) is 39.7 Å². The summed E-state index contributed by atoms with van der Waals surface area (Å²) in [6.45, 7) is 6.46. The number of rotatable bonds is 4. The first kappa shape index (κ1) is 14.1. The lowest BCUT2D eigenvalue weighted by Gasteiger charge is -2.35. The van der Waals surface area contributed by atoms with Gasteiger partial charge in [-0.1, -0.05) is 6.92 Å². The molecular weight excluding hydrogens is 240 g/mol. The van der Waals surface area contributed by atoms with Crippen LogP contribution in [-0.2, 0) is 18.4 Å². The summed E-state index contributed by atoms with van der Waals surface area (Å²) in [6.07, 6.45) is 4.91. The van der Waals surface area contributed by atoms with Crippen LogP contribution in [0.5, 0.6) is 0 Å². The number of amides is 1. The third kappa shape index (κ3) is 2.97. The zero-order chi connectivity index (χ0) is 13.9. The molecule has 1 unspecified atom stereocenters. The Balaban J connectivity index is 1.98. The normalized spacial score (nSPS) is 23.3. The van der Waals surface area contributed by atoms with Crippen LogP contribution < -0.4 is 10.6 Å². The number of piperidine rings is 1. The fourth-order valence-electron chi connectivity index (χ4n) is 2.81. The minimum Gasteiger partial charge on any atom is -0.351 e. The highest BCUT2D eigenvalue weighted by Crippen LogP contribution is 2.30. The van der Waals surface area contributed by atoms with E-state index in [9.17, 15) is 4.79 Å². The van der Waals surface area contributed by atoms with E-state index in [1.807, 2.05) is 20.2 Å². The van der Waals surface area contributed by atoms with Gasteiger partial charge < -0.3 is 10.6 Å². The molecule has 2 heterocycles. The third-order valence-corrected chi connectivity index (χ3v) is 4.19. The molecule has 0 radical (unpaired) electrons. The average Bonchev–Trinajstić information content (AvgIpc) is 2.75. The van der Waals surface area contributed by atoms with E-state index in [2.05, 4.69) is 22.7 Å². The van der Waals surface area contributed by atoms with E-state index in [0.29, 0.717) is 6.54 Å². The first-order valence-corrected chi connectivity index (χ1v) is 7.05. The molecule has 1 fully saturated rings. The van der Waals surface area contributed by atoms with E-state index >= 15 is 0 Å². The quantitative estimate of drug-likeness (QED) is 0.857. The number of carbonyl (C=O) groups excluding carboxylic acids is 1. The maximum Gasteiger partial charge on any atom is 0.227 e. The highest BCUT2D eigenvalue weighted by Gasteiger charge is 2.37. The SMILES string of the molecule is CCC1(C(=O)NCc2cn(C)nc2C)CCCNC1. The molecule has 1 aromatic heterocycles. The lowest BCUT2D eigenvalue weighted by Crippen LogP contribution is -2.50. The van der Waals surface area contributed by atoms with Gasteiger partial charge in [-0.25, -0.2) is 0 Å². The maximum atomic E-state index is 12.5. The van der Waals surface area contributed by atoms with Gasteiger partial charge >= 0.3 is 0 Å². The van der Waals surface area contributed by atoms with Gasteiger partial charge in [0.15, 0.2) is 0 Å². The van der Waals surface area contributed by atoms with Gasteiger partial charge in [-0.15, -0.1) is 0 Å². The molecule has 0 aliphatic carbocycles. The molecule has 1 amide bonds. The molecule has 1 atom stereocenters. The fraction of sp³-hybridized carbons (Fsp3) is 0.714. The van der Waals surface area contributed by atoms with Crippen LogP contribution in [0.1, 0.15) is 37.4 Å². The predicted molar refractivity (Wildman–Crippen MR) is 74.6 cm³/mol. The number of nitrogens with one attached hydrogen (secondary N) is 2. The number of carbonyl (C=O) groups is 1.